The Hall–Kier alpha value is -3.97. The second kappa shape index (κ2) is 10.7. The molecule has 0 spiro atoms. The van der Waals surface area contributed by atoms with Crippen LogP contribution in [0.15, 0.2) is 84.9 Å². The molecule has 1 saturated carbocycles. The number of ketones is 1. The first kappa shape index (κ1) is 25.1. The topological polar surface area (TPSA) is 110 Å². The van der Waals surface area contributed by atoms with Crippen LogP contribution in [0.5, 0.6) is 5.75 Å². The molecule has 0 saturated heterocycles. The van der Waals surface area contributed by atoms with Crippen LogP contribution in [0, 0.1) is 11.8 Å². The molecule has 0 radical (unpaired) electrons. The van der Waals surface area contributed by atoms with E-state index in [0.29, 0.717) is 5.56 Å². The van der Waals surface area contributed by atoms with Crippen LogP contribution in [-0.4, -0.2) is 33.5 Å². The maximum absolute atomic E-state index is 13.4. The van der Waals surface area contributed by atoms with E-state index in [4.69, 9.17) is 9.47 Å². The Morgan fingerprint density at radius 1 is 0.833 bits per heavy atom. The van der Waals surface area contributed by atoms with Gasteiger partial charge in [0.25, 0.3) is 0 Å². The van der Waals surface area contributed by atoms with Crippen LogP contribution in [0.4, 0.5) is 0 Å². The first-order chi connectivity index (χ1) is 17.3. The minimum Gasteiger partial charge on any atom is -0.508 e. The Morgan fingerprint density at radius 2 is 1.33 bits per heavy atom. The summed E-state index contributed by atoms with van der Waals surface area (Å²) in [6, 6.07) is 24.0. The second-order valence-corrected chi connectivity index (χ2v) is 9.26. The van der Waals surface area contributed by atoms with Crippen molar-refractivity contribution in [2.45, 2.75) is 38.1 Å². The molecule has 0 heterocycles. The molecular formula is C29H28O7. The molecule has 4 atom stereocenters. The van der Waals surface area contributed by atoms with E-state index in [2.05, 4.69) is 0 Å². The average Bonchev–Trinajstić information content (AvgIpc) is 2.86. The van der Waals surface area contributed by atoms with Gasteiger partial charge in [-0.3, -0.25) is 14.4 Å². The highest BCUT2D eigenvalue weighted by Gasteiger charge is 2.57. The van der Waals surface area contributed by atoms with Gasteiger partial charge >= 0.3 is 11.9 Å². The van der Waals surface area contributed by atoms with Gasteiger partial charge in [-0.15, -0.1) is 0 Å². The third kappa shape index (κ3) is 5.63. The SMILES string of the molecule is C[C@]1(O)CC(=O)[C@H](C(=O)OCc2ccccc2)[C@H](c2ccc(O)cc2)[C@@H]1C(=O)OCc1ccccc1. The lowest BCUT2D eigenvalue weighted by atomic mass is 9.61. The maximum atomic E-state index is 13.4. The molecule has 1 fully saturated rings. The molecule has 1 aliphatic rings. The molecule has 0 amide bonds. The number of aliphatic hydroxyl groups is 1. The molecule has 0 bridgehead atoms. The van der Waals surface area contributed by atoms with Crippen molar-refractivity contribution in [3.8, 4) is 5.75 Å². The van der Waals surface area contributed by atoms with Crippen LogP contribution < -0.4 is 0 Å². The maximum Gasteiger partial charge on any atom is 0.317 e. The van der Waals surface area contributed by atoms with Gasteiger partial charge in [0.2, 0.25) is 0 Å². The fourth-order valence-corrected chi connectivity index (χ4v) is 4.75. The monoisotopic (exact) mass is 488 g/mol. The van der Waals surface area contributed by atoms with Crippen LogP contribution >= 0.6 is 0 Å². The lowest BCUT2D eigenvalue weighted by Crippen LogP contribution is -2.55. The van der Waals surface area contributed by atoms with E-state index in [1.54, 1.807) is 24.3 Å². The Labute approximate surface area is 209 Å². The molecule has 2 N–H and O–H groups in total. The van der Waals surface area contributed by atoms with Crippen LogP contribution in [0.25, 0.3) is 0 Å². The Balaban J connectivity index is 1.66. The Bertz CT molecular complexity index is 1200. The van der Waals surface area contributed by atoms with Gasteiger partial charge in [0.15, 0.2) is 5.78 Å². The number of carbonyl (C=O) groups is 3. The molecule has 3 aromatic rings. The first-order valence-electron chi connectivity index (χ1n) is 11.7. The van der Waals surface area contributed by atoms with Crippen molar-refractivity contribution in [1.82, 2.24) is 0 Å². The smallest absolute Gasteiger partial charge is 0.317 e. The molecule has 36 heavy (non-hydrogen) atoms. The van der Waals surface area contributed by atoms with Crippen molar-refractivity contribution in [1.29, 1.82) is 0 Å². The molecule has 7 nitrogen and oxygen atoms in total. The first-order valence-corrected chi connectivity index (χ1v) is 11.7. The van der Waals surface area contributed by atoms with Gasteiger partial charge in [-0.2, -0.15) is 0 Å². The number of aromatic hydroxyl groups is 1. The molecule has 3 aromatic carbocycles. The summed E-state index contributed by atoms with van der Waals surface area (Å²) in [7, 11) is 0. The van der Waals surface area contributed by atoms with Crippen molar-refractivity contribution in [2.24, 2.45) is 11.8 Å². The van der Waals surface area contributed by atoms with E-state index in [0.717, 1.165) is 11.1 Å². The standard InChI is InChI=1S/C29H28O7/c1-29(34)16-23(31)25(27(32)35-17-19-8-4-2-5-9-19)24(21-12-14-22(30)15-13-21)26(29)28(33)36-18-20-10-6-3-7-11-20/h2-15,24-26,30,34H,16-18H2,1H3/t24-,25-,26+,29-/m0/s1. The largest absolute Gasteiger partial charge is 0.508 e. The minimum absolute atomic E-state index is 0.0148. The highest BCUT2D eigenvalue weighted by molar-refractivity contribution is 6.02. The van der Waals surface area contributed by atoms with Gasteiger partial charge in [0.1, 0.15) is 24.9 Å². The number of benzene rings is 3. The van der Waals surface area contributed by atoms with E-state index in [1.165, 1.54) is 31.2 Å². The lowest BCUT2D eigenvalue weighted by Gasteiger charge is -2.43. The number of Topliss-reactive ketones (excluding diaryl/α,β-unsaturated/α-hetero) is 1. The third-order valence-electron chi connectivity index (χ3n) is 6.50. The molecule has 186 valence electrons. The van der Waals surface area contributed by atoms with Crippen LogP contribution in [0.2, 0.25) is 0 Å². The molecule has 7 heteroatoms. The predicted molar refractivity (Wildman–Crippen MR) is 131 cm³/mol. The van der Waals surface area contributed by atoms with E-state index < -0.39 is 47.5 Å². The highest BCUT2D eigenvalue weighted by Crippen LogP contribution is 2.47. The quantitative estimate of drug-likeness (QED) is 0.383. The van der Waals surface area contributed by atoms with Crippen LogP contribution in [0.3, 0.4) is 0 Å². The summed E-state index contributed by atoms with van der Waals surface area (Å²) in [6.45, 7) is 1.34. The zero-order valence-corrected chi connectivity index (χ0v) is 19.9. The van der Waals surface area contributed by atoms with Gasteiger partial charge in [0.05, 0.1) is 11.5 Å². The predicted octanol–water partition coefficient (Wildman–Crippen LogP) is 3.92. The zero-order valence-electron chi connectivity index (χ0n) is 19.9. The number of hydrogen-bond acceptors (Lipinski definition) is 7. The highest BCUT2D eigenvalue weighted by atomic mass is 16.5. The van der Waals surface area contributed by atoms with Gasteiger partial charge in [-0.25, -0.2) is 0 Å². The fourth-order valence-electron chi connectivity index (χ4n) is 4.75. The van der Waals surface area contributed by atoms with Crippen LogP contribution in [0.1, 0.15) is 36.0 Å². The zero-order chi connectivity index (χ0) is 25.7. The van der Waals surface area contributed by atoms with Crippen molar-refractivity contribution in [2.75, 3.05) is 0 Å². The minimum atomic E-state index is -1.76. The molecule has 4 rings (SSSR count). The summed E-state index contributed by atoms with van der Waals surface area (Å²) in [4.78, 5) is 39.9. The number of carbonyl (C=O) groups excluding carboxylic acids is 3. The van der Waals surface area contributed by atoms with E-state index in [-0.39, 0.29) is 19.0 Å². The van der Waals surface area contributed by atoms with E-state index in [9.17, 15) is 24.6 Å². The van der Waals surface area contributed by atoms with Crippen LogP contribution in [-0.2, 0) is 37.1 Å². The summed E-state index contributed by atoms with van der Waals surface area (Å²) < 4.78 is 11.1. The third-order valence-corrected chi connectivity index (χ3v) is 6.50. The number of phenolic OH excluding ortho intramolecular Hbond substituents is 1. The van der Waals surface area contributed by atoms with Crippen molar-refractivity contribution in [3.63, 3.8) is 0 Å². The summed E-state index contributed by atoms with van der Waals surface area (Å²) in [5.74, 6) is -5.64. The van der Waals surface area contributed by atoms with Gasteiger partial charge in [-0.05, 0) is 35.7 Å². The summed E-state index contributed by atoms with van der Waals surface area (Å²) in [5.41, 5.74) is 0.187. The number of ether oxygens (including phenoxy) is 2. The normalized spacial score (nSPS) is 23.6. The fraction of sp³-hybridized carbons (Fsp3) is 0.276. The molecule has 0 unspecified atom stereocenters. The average molecular weight is 489 g/mol. The molecule has 0 aromatic heterocycles. The second-order valence-electron chi connectivity index (χ2n) is 9.26. The summed E-state index contributed by atoms with van der Waals surface area (Å²) >= 11 is 0. The lowest BCUT2D eigenvalue weighted by molar-refractivity contribution is -0.174. The number of esters is 2. The molecule has 0 aliphatic heterocycles. The van der Waals surface area contributed by atoms with Crippen molar-refractivity contribution >= 4 is 17.7 Å². The summed E-state index contributed by atoms with van der Waals surface area (Å²) in [5, 5.41) is 21.0. The molecular weight excluding hydrogens is 460 g/mol. The van der Waals surface area contributed by atoms with E-state index >= 15 is 0 Å². The van der Waals surface area contributed by atoms with Gasteiger partial charge < -0.3 is 19.7 Å². The Kier molecular flexibility index (Phi) is 7.50. The number of rotatable bonds is 7. The Morgan fingerprint density at radius 3 is 1.86 bits per heavy atom. The van der Waals surface area contributed by atoms with Crippen molar-refractivity contribution in [3.05, 3.63) is 102 Å². The molecule has 1 aliphatic carbocycles. The van der Waals surface area contributed by atoms with E-state index in [1.807, 2.05) is 36.4 Å². The number of phenols is 1. The number of hydrogen-bond donors (Lipinski definition) is 2. The van der Waals surface area contributed by atoms with Crippen molar-refractivity contribution < 1.29 is 34.1 Å². The van der Waals surface area contributed by atoms with Gasteiger partial charge in [0, 0.05) is 12.3 Å². The van der Waals surface area contributed by atoms with Gasteiger partial charge in [-0.1, -0.05) is 72.8 Å². The summed E-state index contributed by atoms with van der Waals surface area (Å²) in [6.07, 6.45) is -0.405.